The highest BCUT2D eigenvalue weighted by atomic mass is 32.1. The fraction of sp³-hybridized carbons (Fsp3) is 0.636. The molecule has 0 fully saturated rings. The molecule has 0 bridgehead atoms. The van der Waals surface area contributed by atoms with Gasteiger partial charge in [-0.25, -0.2) is 9.59 Å². The number of halogens is 8. The monoisotopic (exact) mass is 408 g/mol. The van der Waals surface area contributed by atoms with E-state index in [1.165, 1.54) is 0 Å². The lowest BCUT2D eigenvalue weighted by atomic mass is 10.1. The molecule has 0 amide bonds. The molecule has 148 valence electrons. The molecule has 14 heteroatoms. The van der Waals surface area contributed by atoms with Gasteiger partial charge in [0.25, 0.3) is 0 Å². The lowest BCUT2D eigenvalue weighted by Gasteiger charge is -2.26. The van der Waals surface area contributed by atoms with Crippen LogP contribution in [0.4, 0.5) is 35.1 Å². The summed E-state index contributed by atoms with van der Waals surface area (Å²) in [7, 11) is 1.00. The Morgan fingerprint density at radius 3 is 1.88 bits per heavy atom. The van der Waals surface area contributed by atoms with Crippen LogP contribution in [-0.2, 0) is 19.1 Å². The second-order valence-corrected chi connectivity index (χ2v) is 4.64. The van der Waals surface area contributed by atoms with Crippen molar-refractivity contribution in [3.05, 3.63) is 12.4 Å². The van der Waals surface area contributed by atoms with Gasteiger partial charge in [0.1, 0.15) is 0 Å². The summed E-state index contributed by atoms with van der Waals surface area (Å²) < 4.78 is 108. The normalized spacial score (nSPS) is 13.2. The molecule has 0 saturated heterocycles. The number of ether oxygens (including phenoxy) is 2. The molecular formula is C11H12F8O5S. The Balaban J connectivity index is 0. The average molecular weight is 408 g/mol. The van der Waals surface area contributed by atoms with E-state index in [1.807, 2.05) is 0 Å². The summed E-state index contributed by atoms with van der Waals surface area (Å²) in [5, 5.41) is 2.97. The van der Waals surface area contributed by atoms with Crippen LogP contribution in [0, 0.1) is 0 Å². The van der Waals surface area contributed by atoms with Gasteiger partial charge in [0.2, 0.25) is 5.83 Å². The molecule has 0 aromatic carbocycles. The summed E-state index contributed by atoms with van der Waals surface area (Å²) in [6.45, 7) is 0.328. The quantitative estimate of drug-likeness (QED) is 0.293. The van der Waals surface area contributed by atoms with Crippen molar-refractivity contribution in [1.29, 1.82) is 0 Å². The standard InChI is InChI=1S/C10H8F8O4S.CH4O/c1-4(11)6(19)22-5(2-8(12,13)14)10(17,18)7(20)21-3-9(15,16)23;1-2/h5,23H,1-3H2;2H,1H3. The van der Waals surface area contributed by atoms with Gasteiger partial charge in [-0.15, -0.1) is 12.6 Å². The van der Waals surface area contributed by atoms with Crippen molar-refractivity contribution in [1.82, 2.24) is 0 Å². The molecule has 25 heavy (non-hydrogen) atoms. The van der Waals surface area contributed by atoms with Crippen LogP contribution in [0.15, 0.2) is 12.4 Å². The summed E-state index contributed by atoms with van der Waals surface area (Å²) in [5.41, 5.74) is 0. The summed E-state index contributed by atoms with van der Waals surface area (Å²) >= 11 is 2.55. The van der Waals surface area contributed by atoms with Crippen molar-refractivity contribution in [3.63, 3.8) is 0 Å². The third-order valence-corrected chi connectivity index (χ3v) is 2.07. The van der Waals surface area contributed by atoms with Gasteiger partial charge in [0, 0.05) is 7.11 Å². The Morgan fingerprint density at radius 1 is 1.12 bits per heavy atom. The molecule has 0 aliphatic carbocycles. The van der Waals surface area contributed by atoms with Crippen LogP contribution < -0.4 is 0 Å². The zero-order valence-electron chi connectivity index (χ0n) is 12.2. The SMILES string of the molecule is C=C(F)C(=O)OC(CC(F)(F)F)C(F)(F)C(=O)OCC(F)(F)S.CO. The van der Waals surface area contributed by atoms with E-state index in [1.54, 1.807) is 0 Å². The van der Waals surface area contributed by atoms with E-state index < -0.39 is 54.3 Å². The van der Waals surface area contributed by atoms with Gasteiger partial charge in [0.15, 0.2) is 12.7 Å². The number of aliphatic hydroxyl groups is 1. The Kier molecular flexibility index (Phi) is 10.1. The Hall–Kier alpha value is -1.57. The van der Waals surface area contributed by atoms with Gasteiger partial charge >= 0.3 is 29.3 Å². The van der Waals surface area contributed by atoms with Crippen LogP contribution in [0.5, 0.6) is 0 Å². The minimum atomic E-state index is -5.36. The molecule has 0 aliphatic heterocycles. The predicted molar refractivity (Wildman–Crippen MR) is 68.8 cm³/mol. The van der Waals surface area contributed by atoms with E-state index in [0.29, 0.717) is 0 Å². The molecule has 1 atom stereocenters. The number of rotatable bonds is 7. The first-order valence-corrected chi connectivity index (χ1v) is 6.23. The van der Waals surface area contributed by atoms with Crippen molar-refractivity contribution < 1.29 is 59.3 Å². The maximum absolute atomic E-state index is 13.5. The first kappa shape index (κ1) is 25.7. The van der Waals surface area contributed by atoms with Crippen LogP contribution in [0.1, 0.15) is 6.42 Å². The van der Waals surface area contributed by atoms with Crippen LogP contribution >= 0.6 is 12.6 Å². The van der Waals surface area contributed by atoms with Crippen LogP contribution in [0.3, 0.4) is 0 Å². The molecule has 0 radical (unpaired) electrons. The highest BCUT2D eigenvalue weighted by Crippen LogP contribution is 2.34. The molecule has 0 rings (SSSR count). The number of hydrogen-bond donors (Lipinski definition) is 2. The van der Waals surface area contributed by atoms with E-state index in [0.717, 1.165) is 7.11 Å². The highest BCUT2D eigenvalue weighted by Gasteiger charge is 2.56. The molecule has 0 heterocycles. The smallest absolute Gasteiger partial charge is 0.392 e. The van der Waals surface area contributed by atoms with E-state index in [-0.39, 0.29) is 0 Å². The Labute approximate surface area is 141 Å². The van der Waals surface area contributed by atoms with Gasteiger partial charge in [-0.1, -0.05) is 6.58 Å². The van der Waals surface area contributed by atoms with Crippen molar-refractivity contribution in [2.24, 2.45) is 0 Å². The molecule has 5 nitrogen and oxygen atoms in total. The minimum Gasteiger partial charge on any atom is -0.454 e. The van der Waals surface area contributed by atoms with Gasteiger partial charge in [-0.05, 0) is 0 Å². The third kappa shape index (κ3) is 10.8. The Bertz CT molecular complexity index is 474. The third-order valence-electron chi connectivity index (χ3n) is 1.94. The predicted octanol–water partition coefficient (Wildman–Crippen LogP) is 2.64. The van der Waals surface area contributed by atoms with Gasteiger partial charge in [-0.2, -0.15) is 35.1 Å². The van der Waals surface area contributed by atoms with Crippen LogP contribution in [0.25, 0.3) is 0 Å². The lowest BCUT2D eigenvalue weighted by Crippen LogP contribution is -2.48. The fourth-order valence-electron chi connectivity index (χ4n) is 1.03. The molecule has 0 aromatic heterocycles. The number of alkyl halides is 7. The zero-order chi connectivity index (χ0) is 20.6. The van der Waals surface area contributed by atoms with E-state index in [9.17, 15) is 44.7 Å². The van der Waals surface area contributed by atoms with Gasteiger partial charge in [-0.3, -0.25) is 0 Å². The zero-order valence-corrected chi connectivity index (χ0v) is 13.1. The maximum Gasteiger partial charge on any atom is 0.392 e. The van der Waals surface area contributed by atoms with Crippen molar-refractivity contribution in [2.45, 2.75) is 29.9 Å². The van der Waals surface area contributed by atoms with Crippen LogP contribution in [0.2, 0.25) is 0 Å². The van der Waals surface area contributed by atoms with Crippen molar-refractivity contribution in [2.75, 3.05) is 13.7 Å². The number of aliphatic hydroxyl groups excluding tert-OH is 1. The Morgan fingerprint density at radius 2 is 1.56 bits per heavy atom. The second kappa shape index (κ2) is 9.79. The van der Waals surface area contributed by atoms with Crippen LogP contribution in [-0.4, -0.2) is 54.2 Å². The molecule has 0 aromatic rings. The topological polar surface area (TPSA) is 72.8 Å². The first-order chi connectivity index (χ1) is 11.1. The van der Waals surface area contributed by atoms with E-state index in [2.05, 4.69) is 28.7 Å². The maximum atomic E-state index is 13.5. The summed E-state index contributed by atoms with van der Waals surface area (Å²) in [6.07, 6.45) is -11.5. The minimum absolute atomic E-state index is 1.00. The highest BCUT2D eigenvalue weighted by molar-refractivity contribution is 7.81. The fourth-order valence-corrected chi connectivity index (χ4v) is 1.09. The number of esters is 2. The number of hydrogen-bond acceptors (Lipinski definition) is 6. The number of thiol groups is 1. The molecule has 0 saturated carbocycles. The largest absolute Gasteiger partial charge is 0.454 e. The average Bonchev–Trinajstić information content (AvgIpc) is 2.43. The first-order valence-electron chi connectivity index (χ1n) is 5.78. The van der Waals surface area contributed by atoms with Gasteiger partial charge in [0.05, 0.1) is 6.42 Å². The number of carbonyl (C=O) groups excluding carboxylic acids is 2. The summed E-state index contributed by atoms with van der Waals surface area (Å²) in [4.78, 5) is 21.7. The molecule has 1 unspecified atom stereocenters. The molecular weight excluding hydrogens is 396 g/mol. The second-order valence-electron chi connectivity index (χ2n) is 3.98. The molecule has 0 spiro atoms. The summed E-state index contributed by atoms with van der Waals surface area (Å²) in [6, 6.07) is 0. The van der Waals surface area contributed by atoms with Crippen molar-refractivity contribution in [3.8, 4) is 0 Å². The molecule has 0 aliphatic rings. The molecule has 1 N–H and O–H groups in total. The number of carbonyl (C=O) groups is 2. The van der Waals surface area contributed by atoms with E-state index in [4.69, 9.17) is 5.11 Å². The van der Waals surface area contributed by atoms with Crippen molar-refractivity contribution >= 4 is 24.6 Å². The lowest BCUT2D eigenvalue weighted by molar-refractivity contribution is -0.221. The van der Waals surface area contributed by atoms with Gasteiger partial charge < -0.3 is 14.6 Å². The summed E-state index contributed by atoms with van der Waals surface area (Å²) in [5.74, 6) is -12.3. The van der Waals surface area contributed by atoms with E-state index >= 15 is 0 Å².